The first kappa shape index (κ1) is 14.3. The Hall–Kier alpha value is -1.69. The summed E-state index contributed by atoms with van der Waals surface area (Å²) in [7, 11) is 0. The highest BCUT2D eigenvalue weighted by atomic mass is 32.1. The van der Waals surface area contributed by atoms with E-state index in [1.807, 2.05) is 30.3 Å². The number of carbonyl (C=O) groups excluding carboxylic acids is 1. The molecule has 0 saturated carbocycles. The largest absolute Gasteiger partial charge is 0.361 e. The third kappa shape index (κ3) is 3.00. The summed E-state index contributed by atoms with van der Waals surface area (Å²) in [6.07, 6.45) is 4.37. The molecule has 0 aromatic carbocycles. The summed E-state index contributed by atoms with van der Waals surface area (Å²) >= 11 is 1.68. The van der Waals surface area contributed by atoms with Crippen LogP contribution in [0.5, 0.6) is 0 Å². The summed E-state index contributed by atoms with van der Waals surface area (Å²) < 4.78 is 5.13. The molecule has 6 heteroatoms. The van der Waals surface area contributed by atoms with Crippen LogP contribution in [-0.4, -0.2) is 34.0 Å². The molecule has 21 heavy (non-hydrogen) atoms. The van der Waals surface area contributed by atoms with Crippen LogP contribution in [0.4, 0.5) is 0 Å². The molecule has 0 N–H and O–H groups in total. The fourth-order valence-corrected chi connectivity index (χ4v) is 3.63. The van der Waals surface area contributed by atoms with E-state index in [9.17, 15) is 4.79 Å². The van der Waals surface area contributed by atoms with Gasteiger partial charge in [0.05, 0.1) is 17.1 Å². The lowest BCUT2D eigenvalue weighted by atomic mass is 9.98. The van der Waals surface area contributed by atoms with Crippen LogP contribution in [0.1, 0.15) is 40.8 Å². The van der Waals surface area contributed by atoms with Gasteiger partial charge in [0.1, 0.15) is 5.76 Å². The van der Waals surface area contributed by atoms with Crippen LogP contribution in [0.15, 0.2) is 16.1 Å². The van der Waals surface area contributed by atoms with Crippen molar-refractivity contribution < 1.29 is 9.32 Å². The van der Waals surface area contributed by atoms with E-state index in [0.717, 1.165) is 48.0 Å². The van der Waals surface area contributed by atoms with Crippen LogP contribution in [0.2, 0.25) is 0 Å². The molecule has 1 atom stereocenters. The van der Waals surface area contributed by atoms with Gasteiger partial charge in [-0.1, -0.05) is 5.16 Å². The number of thiazole rings is 1. The summed E-state index contributed by atoms with van der Waals surface area (Å²) in [6, 6.07) is 0. The van der Waals surface area contributed by atoms with Crippen molar-refractivity contribution in [3.05, 3.63) is 33.6 Å². The standard InChI is InChI=1S/C15H19N3O2S/c1-10-13(11(2)20-17-10)8-14(19)18-6-3-4-12(9-18)15-16-5-7-21-15/h5,7,12H,3-4,6,8-9H2,1-2H3/t12-/m0/s1. The lowest BCUT2D eigenvalue weighted by Gasteiger charge is -2.32. The molecule has 0 bridgehead atoms. The highest BCUT2D eigenvalue weighted by Crippen LogP contribution is 2.28. The third-order valence-corrected chi connectivity index (χ3v) is 5.02. The lowest BCUT2D eigenvalue weighted by Crippen LogP contribution is -2.40. The first-order valence-electron chi connectivity index (χ1n) is 7.24. The first-order valence-corrected chi connectivity index (χ1v) is 8.12. The van der Waals surface area contributed by atoms with Gasteiger partial charge in [-0.25, -0.2) is 4.98 Å². The molecule has 0 spiro atoms. The zero-order valence-corrected chi connectivity index (χ0v) is 13.2. The zero-order valence-electron chi connectivity index (χ0n) is 12.3. The summed E-state index contributed by atoms with van der Waals surface area (Å²) in [5.74, 6) is 1.28. The molecule has 1 aliphatic rings. The number of hydrogen-bond donors (Lipinski definition) is 0. The summed E-state index contributed by atoms with van der Waals surface area (Å²) in [5.41, 5.74) is 1.74. The van der Waals surface area contributed by atoms with Crippen molar-refractivity contribution in [1.29, 1.82) is 0 Å². The molecule has 2 aromatic rings. The van der Waals surface area contributed by atoms with Crippen molar-refractivity contribution in [1.82, 2.24) is 15.0 Å². The van der Waals surface area contributed by atoms with Gasteiger partial charge in [-0.2, -0.15) is 0 Å². The number of carbonyl (C=O) groups is 1. The van der Waals surface area contributed by atoms with Crippen LogP contribution in [0, 0.1) is 13.8 Å². The summed E-state index contributed by atoms with van der Waals surface area (Å²) in [6.45, 7) is 5.35. The Balaban J connectivity index is 1.67. The maximum atomic E-state index is 12.5. The molecule has 0 radical (unpaired) electrons. The number of nitrogens with zero attached hydrogens (tertiary/aromatic N) is 3. The Morgan fingerprint density at radius 1 is 1.52 bits per heavy atom. The minimum atomic E-state index is 0.158. The molecule has 3 heterocycles. The van der Waals surface area contributed by atoms with E-state index in [4.69, 9.17) is 4.52 Å². The molecule has 1 amide bonds. The number of likely N-dealkylation sites (tertiary alicyclic amines) is 1. The van der Waals surface area contributed by atoms with Crippen LogP contribution >= 0.6 is 11.3 Å². The van der Waals surface area contributed by atoms with Crippen LogP contribution in [0.3, 0.4) is 0 Å². The molecular formula is C15H19N3O2S. The number of aryl methyl sites for hydroxylation is 2. The van der Waals surface area contributed by atoms with E-state index in [2.05, 4.69) is 10.1 Å². The van der Waals surface area contributed by atoms with E-state index in [0.29, 0.717) is 12.3 Å². The van der Waals surface area contributed by atoms with Gasteiger partial charge in [-0.15, -0.1) is 11.3 Å². The number of hydrogen-bond acceptors (Lipinski definition) is 5. The lowest BCUT2D eigenvalue weighted by molar-refractivity contribution is -0.131. The predicted octanol–water partition coefficient (Wildman–Crippen LogP) is 2.70. The van der Waals surface area contributed by atoms with Gasteiger partial charge < -0.3 is 9.42 Å². The van der Waals surface area contributed by atoms with E-state index >= 15 is 0 Å². The van der Waals surface area contributed by atoms with Crippen LogP contribution in [0.25, 0.3) is 0 Å². The topological polar surface area (TPSA) is 59.2 Å². The summed E-state index contributed by atoms with van der Waals surface area (Å²) in [4.78, 5) is 18.9. The highest BCUT2D eigenvalue weighted by Gasteiger charge is 2.27. The normalized spacial score (nSPS) is 19.0. The van der Waals surface area contributed by atoms with E-state index in [1.54, 1.807) is 11.3 Å². The van der Waals surface area contributed by atoms with E-state index in [-0.39, 0.29) is 5.91 Å². The van der Waals surface area contributed by atoms with Crippen molar-refractivity contribution in [2.24, 2.45) is 0 Å². The molecule has 1 fully saturated rings. The SMILES string of the molecule is Cc1noc(C)c1CC(=O)N1CCC[C@H](c2nccs2)C1. The van der Waals surface area contributed by atoms with Crippen LogP contribution < -0.4 is 0 Å². The van der Waals surface area contributed by atoms with Crippen molar-refractivity contribution in [2.45, 2.75) is 39.0 Å². The Kier molecular flexibility index (Phi) is 4.05. The average molecular weight is 305 g/mol. The van der Waals surface area contributed by atoms with Crippen LogP contribution in [-0.2, 0) is 11.2 Å². The molecule has 2 aromatic heterocycles. The first-order chi connectivity index (χ1) is 10.1. The molecule has 0 unspecified atom stereocenters. The Bertz CT molecular complexity index is 601. The zero-order chi connectivity index (χ0) is 14.8. The molecule has 0 aliphatic carbocycles. The third-order valence-electron chi connectivity index (χ3n) is 4.08. The predicted molar refractivity (Wildman–Crippen MR) is 80.4 cm³/mol. The summed E-state index contributed by atoms with van der Waals surface area (Å²) in [5, 5.41) is 7.06. The second-order valence-electron chi connectivity index (χ2n) is 5.53. The Morgan fingerprint density at radius 3 is 3.05 bits per heavy atom. The smallest absolute Gasteiger partial charge is 0.227 e. The highest BCUT2D eigenvalue weighted by molar-refractivity contribution is 7.09. The van der Waals surface area contributed by atoms with E-state index in [1.165, 1.54) is 0 Å². The minimum absolute atomic E-state index is 0.158. The van der Waals surface area contributed by atoms with Gasteiger partial charge in [-0.3, -0.25) is 4.79 Å². The second-order valence-corrected chi connectivity index (χ2v) is 6.45. The Labute approximate surface area is 128 Å². The molecule has 1 saturated heterocycles. The Morgan fingerprint density at radius 2 is 2.38 bits per heavy atom. The van der Waals surface area contributed by atoms with Gasteiger partial charge in [0.15, 0.2) is 0 Å². The van der Waals surface area contributed by atoms with Crippen molar-refractivity contribution >= 4 is 17.2 Å². The minimum Gasteiger partial charge on any atom is -0.361 e. The molecule has 5 nitrogen and oxygen atoms in total. The van der Waals surface area contributed by atoms with Gasteiger partial charge >= 0.3 is 0 Å². The van der Waals surface area contributed by atoms with Crippen molar-refractivity contribution in [3.8, 4) is 0 Å². The second kappa shape index (κ2) is 5.97. The van der Waals surface area contributed by atoms with Gasteiger partial charge in [-0.05, 0) is 26.7 Å². The molecular weight excluding hydrogens is 286 g/mol. The van der Waals surface area contributed by atoms with Gasteiger partial charge in [0.2, 0.25) is 5.91 Å². The quantitative estimate of drug-likeness (QED) is 0.875. The maximum Gasteiger partial charge on any atom is 0.227 e. The molecule has 1 aliphatic heterocycles. The monoisotopic (exact) mass is 305 g/mol. The number of aromatic nitrogens is 2. The fourth-order valence-electron chi connectivity index (χ4n) is 2.86. The van der Waals surface area contributed by atoms with E-state index < -0.39 is 0 Å². The number of rotatable bonds is 3. The van der Waals surface area contributed by atoms with Crippen molar-refractivity contribution in [2.75, 3.05) is 13.1 Å². The molecule has 3 rings (SSSR count). The van der Waals surface area contributed by atoms with Crippen molar-refractivity contribution in [3.63, 3.8) is 0 Å². The maximum absolute atomic E-state index is 12.5. The van der Waals surface area contributed by atoms with Gasteiger partial charge in [0, 0.05) is 36.1 Å². The number of piperidine rings is 1. The fraction of sp³-hybridized carbons (Fsp3) is 0.533. The van der Waals surface area contributed by atoms with Gasteiger partial charge in [0.25, 0.3) is 0 Å². The average Bonchev–Trinajstić information content (AvgIpc) is 3.13. The molecule has 112 valence electrons. The number of amides is 1.